The molecule has 0 aliphatic heterocycles. The first kappa shape index (κ1) is 15.4. The summed E-state index contributed by atoms with van der Waals surface area (Å²) in [6, 6.07) is 13.6. The molecule has 0 atom stereocenters. The molecule has 6 nitrogen and oxygen atoms in total. The first-order valence-electron chi connectivity index (χ1n) is 6.66. The second-order valence-electron chi connectivity index (χ2n) is 4.80. The highest BCUT2D eigenvalue weighted by molar-refractivity contribution is 5.83. The van der Waals surface area contributed by atoms with Gasteiger partial charge in [0.1, 0.15) is 0 Å². The summed E-state index contributed by atoms with van der Waals surface area (Å²) in [5, 5.41) is 14.4. The fourth-order valence-electron chi connectivity index (χ4n) is 1.79. The number of aryl methyl sites for hydroxylation is 1. The van der Waals surface area contributed by atoms with Crippen LogP contribution >= 0.6 is 0 Å². The number of benzene rings is 2. The summed E-state index contributed by atoms with van der Waals surface area (Å²) in [4.78, 5) is 21.8. The van der Waals surface area contributed by atoms with Crippen molar-refractivity contribution in [3.8, 4) is 0 Å². The zero-order chi connectivity index (χ0) is 15.9. The van der Waals surface area contributed by atoms with Crippen LogP contribution in [-0.2, 0) is 11.2 Å². The van der Waals surface area contributed by atoms with E-state index in [4.69, 9.17) is 0 Å². The second-order valence-corrected chi connectivity index (χ2v) is 4.80. The van der Waals surface area contributed by atoms with Crippen molar-refractivity contribution in [1.29, 1.82) is 0 Å². The number of hydrogen-bond acceptors (Lipinski definition) is 4. The van der Waals surface area contributed by atoms with Crippen LogP contribution in [0.15, 0.2) is 53.6 Å². The molecule has 22 heavy (non-hydrogen) atoms. The van der Waals surface area contributed by atoms with E-state index in [-0.39, 0.29) is 18.0 Å². The fourth-order valence-corrected chi connectivity index (χ4v) is 1.79. The van der Waals surface area contributed by atoms with E-state index in [0.29, 0.717) is 5.56 Å². The van der Waals surface area contributed by atoms with E-state index < -0.39 is 4.92 Å². The van der Waals surface area contributed by atoms with Crippen molar-refractivity contribution >= 4 is 17.8 Å². The van der Waals surface area contributed by atoms with E-state index in [0.717, 1.165) is 11.1 Å². The van der Waals surface area contributed by atoms with Gasteiger partial charge < -0.3 is 0 Å². The number of amides is 1. The normalized spacial score (nSPS) is 10.6. The molecule has 0 aromatic heterocycles. The van der Waals surface area contributed by atoms with Crippen molar-refractivity contribution in [1.82, 2.24) is 5.43 Å². The third kappa shape index (κ3) is 4.52. The largest absolute Gasteiger partial charge is 0.273 e. The number of nitrogens with zero attached hydrogens (tertiary/aromatic N) is 2. The average molecular weight is 297 g/mol. The van der Waals surface area contributed by atoms with E-state index >= 15 is 0 Å². The van der Waals surface area contributed by atoms with Crippen LogP contribution in [0.5, 0.6) is 0 Å². The van der Waals surface area contributed by atoms with Gasteiger partial charge in [0.15, 0.2) is 0 Å². The Morgan fingerprint density at radius 2 is 1.82 bits per heavy atom. The van der Waals surface area contributed by atoms with Crippen molar-refractivity contribution in [2.45, 2.75) is 13.3 Å². The zero-order valence-electron chi connectivity index (χ0n) is 12.0. The molecule has 0 radical (unpaired) electrons. The molecule has 1 N–H and O–H groups in total. The summed E-state index contributed by atoms with van der Waals surface area (Å²) in [5.41, 5.74) is 5.16. The highest BCUT2D eigenvalue weighted by Crippen LogP contribution is 2.10. The number of hydrazone groups is 1. The highest BCUT2D eigenvalue weighted by atomic mass is 16.6. The molecule has 0 saturated heterocycles. The Kier molecular flexibility index (Phi) is 4.98. The van der Waals surface area contributed by atoms with Gasteiger partial charge in [-0.15, -0.1) is 0 Å². The standard InChI is InChI=1S/C16H15N3O3/c1-12-2-4-13(5-3-12)10-16(20)18-17-11-14-6-8-15(9-7-14)19(21)22/h2-9,11H,10H2,1H3,(H,18,20)/b17-11-. The fraction of sp³-hybridized carbons (Fsp3) is 0.125. The molecule has 0 bridgehead atoms. The molecule has 1 amide bonds. The molecular weight excluding hydrogens is 282 g/mol. The maximum atomic E-state index is 11.7. The van der Waals surface area contributed by atoms with Crippen LogP contribution in [0.1, 0.15) is 16.7 Å². The van der Waals surface area contributed by atoms with Crippen molar-refractivity contribution < 1.29 is 9.72 Å². The second kappa shape index (κ2) is 7.12. The van der Waals surface area contributed by atoms with Gasteiger partial charge >= 0.3 is 0 Å². The summed E-state index contributed by atoms with van der Waals surface area (Å²) < 4.78 is 0. The molecule has 0 fully saturated rings. The number of carbonyl (C=O) groups excluding carboxylic acids is 1. The number of hydrogen-bond donors (Lipinski definition) is 1. The molecule has 2 aromatic carbocycles. The summed E-state index contributed by atoms with van der Waals surface area (Å²) >= 11 is 0. The van der Waals surface area contributed by atoms with Gasteiger partial charge in [-0.1, -0.05) is 29.8 Å². The molecule has 0 unspecified atom stereocenters. The molecule has 112 valence electrons. The van der Waals surface area contributed by atoms with Crippen LogP contribution in [0, 0.1) is 17.0 Å². The van der Waals surface area contributed by atoms with E-state index in [9.17, 15) is 14.9 Å². The molecule has 2 rings (SSSR count). The maximum absolute atomic E-state index is 11.7. The molecule has 0 heterocycles. The van der Waals surface area contributed by atoms with Crippen molar-refractivity contribution in [2.24, 2.45) is 5.10 Å². The van der Waals surface area contributed by atoms with E-state index in [1.807, 2.05) is 31.2 Å². The predicted octanol–water partition coefficient (Wildman–Crippen LogP) is 2.60. The summed E-state index contributed by atoms with van der Waals surface area (Å²) in [6.07, 6.45) is 1.69. The van der Waals surface area contributed by atoms with Crippen LogP contribution in [-0.4, -0.2) is 17.0 Å². The molecule has 6 heteroatoms. The lowest BCUT2D eigenvalue weighted by atomic mass is 10.1. The van der Waals surface area contributed by atoms with Crippen LogP contribution in [0.3, 0.4) is 0 Å². The smallest absolute Gasteiger partial charge is 0.269 e. The quantitative estimate of drug-likeness (QED) is 0.523. The number of carbonyl (C=O) groups is 1. The van der Waals surface area contributed by atoms with Gasteiger partial charge in [-0.25, -0.2) is 5.43 Å². The lowest BCUT2D eigenvalue weighted by molar-refractivity contribution is -0.384. The maximum Gasteiger partial charge on any atom is 0.269 e. The van der Waals surface area contributed by atoms with Crippen LogP contribution < -0.4 is 5.43 Å². The van der Waals surface area contributed by atoms with E-state index in [2.05, 4.69) is 10.5 Å². The molecular formula is C16H15N3O3. The number of non-ortho nitro benzene ring substituents is 1. The van der Waals surface area contributed by atoms with Crippen LogP contribution in [0.25, 0.3) is 0 Å². The zero-order valence-corrected chi connectivity index (χ0v) is 12.0. The molecule has 0 aliphatic rings. The van der Waals surface area contributed by atoms with Gasteiger partial charge in [0.05, 0.1) is 17.6 Å². The number of nitro groups is 1. The third-order valence-electron chi connectivity index (χ3n) is 2.99. The van der Waals surface area contributed by atoms with Crippen molar-refractivity contribution in [3.05, 3.63) is 75.3 Å². The minimum Gasteiger partial charge on any atom is -0.273 e. The Balaban J connectivity index is 1.87. The van der Waals surface area contributed by atoms with E-state index in [1.165, 1.54) is 18.3 Å². The lowest BCUT2D eigenvalue weighted by Crippen LogP contribution is -2.19. The molecule has 0 spiro atoms. The van der Waals surface area contributed by atoms with Gasteiger partial charge in [0, 0.05) is 12.1 Å². The number of nitrogens with one attached hydrogen (secondary N) is 1. The monoisotopic (exact) mass is 297 g/mol. The molecule has 2 aromatic rings. The molecule has 0 aliphatic carbocycles. The SMILES string of the molecule is Cc1ccc(CC(=O)N/N=C\c2ccc([N+](=O)[O-])cc2)cc1. The van der Waals surface area contributed by atoms with Gasteiger partial charge in [-0.3, -0.25) is 14.9 Å². The predicted molar refractivity (Wildman–Crippen MR) is 83.7 cm³/mol. The lowest BCUT2D eigenvalue weighted by Gasteiger charge is -2.01. The van der Waals surface area contributed by atoms with Crippen LogP contribution in [0.2, 0.25) is 0 Å². The van der Waals surface area contributed by atoms with Gasteiger partial charge in [0.25, 0.3) is 5.69 Å². The Morgan fingerprint density at radius 3 is 2.41 bits per heavy atom. The number of rotatable bonds is 5. The Bertz CT molecular complexity index is 692. The Morgan fingerprint density at radius 1 is 1.18 bits per heavy atom. The number of nitro benzene ring substituents is 1. The van der Waals surface area contributed by atoms with Gasteiger partial charge in [-0.2, -0.15) is 5.10 Å². The van der Waals surface area contributed by atoms with Gasteiger partial charge in [0.2, 0.25) is 5.91 Å². The third-order valence-corrected chi connectivity index (χ3v) is 2.99. The van der Waals surface area contributed by atoms with Crippen molar-refractivity contribution in [2.75, 3.05) is 0 Å². The summed E-state index contributed by atoms with van der Waals surface area (Å²) in [7, 11) is 0. The Hall–Kier alpha value is -3.02. The van der Waals surface area contributed by atoms with Crippen LogP contribution in [0.4, 0.5) is 5.69 Å². The first-order valence-corrected chi connectivity index (χ1v) is 6.66. The minimum atomic E-state index is -0.468. The first-order chi connectivity index (χ1) is 10.5. The van der Waals surface area contributed by atoms with E-state index in [1.54, 1.807) is 12.1 Å². The Labute approximate surface area is 127 Å². The topological polar surface area (TPSA) is 84.6 Å². The average Bonchev–Trinajstić information content (AvgIpc) is 2.50. The van der Waals surface area contributed by atoms with Crippen molar-refractivity contribution in [3.63, 3.8) is 0 Å². The minimum absolute atomic E-state index is 0.0144. The highest BCUT2D eigenvalue weighted by Gasteiger charge is 2.03. The summed E-state index contributed by atoms with van der Waals surface area (Å²) in [5.74, 6) is -0.220. The van der Waals surface area contributed by atoms with Gasteiger partial charge in [-0.05, 0) is 30.2 Å². The summed E-state index contributed by atoms with van der Waals surface area (Å²) in [6.45, 7) is 1.98. The molecule has 0 saturated carbocycles.